The Labute approximate surface area is 104 Å². The van der Waals surface area contributed by atoms with Crippen LogP contribution in [0.25, 0.3) is 0 Å². The monoisotopic (exact) mass is 237 g/mol. The molecule has 1 N–H and O–H groups in total. The summed E-state index contributed by atoms with van der Waals surface area (Å²) in [5, 5.41) is 4.16. The summed E-state index contributed by atoms with van der Waals surface area (Å²) in [6.45, 7) is 4.01. The maximum Gasteiger partial charge on any atom is 0.0409 e. The largest absolute Gasteiger partial charge is 0.309 e. The minimum absolute atomic E-state index is 0.804. The first-order chi connectivity index (χ1) is 7.83. The molecule has 1 aromatic carbocycles. The topological polar surface area (TPSA) is 12.0 Å². The maximum absolute atomic E-state index is 5.90. The molecule has 0 heterocycles. The van der Waals surface area contributed by atoms with Crippen molar-refractivity contribution in [1.29, 1.82) is 0 Å². The molecule has 1 nitrogen and oxygen atoms in total. The van der Waals surface area contributed by atoms with Crippen LogP contribution in [0.5, 0.6) is 0 Å². The van der Waals surface area contributed by atoms with Crippen molar-refractivity contribution in [2.24, 2.45) is 0 Å². The van der Waals surface area contributed by atoms with Crippen molar-refractivity contribution < 1.29 is 0 Å². The number of hydrogen-bond acceptors (Lipinski definition) is 1. The van der Waals surface area contributed by atoms with Gasteiger partial charge in [-0.2, -0.15) is 0 Å². The summed E-state index contributed by atoms with van der Waals surface area (Å²) in [5.41, 5.74) is 1.23. The van der Waals surface area contributed by atoms with E-state index < -0.39 is 0 Å². The second-order valence-corrected chi connectivity index (χ2v) is 4.31. The van der Waals surface area contributed by atoms with Gasteiger partial charge in [-0.25, -0.2) is 0 Å². The van der Waals surface area contributed by atoms with E-state index in [1.165, 1.54) is 24.8 Å². The Morgan fingerprint density at radius 3 is 2.94 bits per heavy atom. The molecule has 1 aromatic rings. The summed E-state index contributed by atoms with van der Waals surface area (Å²) < 4.78 is 0. The highest BCUT2D eigenvalue weighted by molar-refractivity contribution is 6.30. The SMILES string of the molecule is CCCCC=CCNCc1cccc(Cl)c1. The molecule has 2 heteroatoms. The van der Waals surface area contributed by atoms with E-state index in [4.69, 9.17) is 11.6 Å². The van der Waals surface area contributed by atoms with E-state index in [9.17, 15) is 0 Å². The quantitative estimate of drug-likeness (QED) is 0.554. The second kappa shape index (κ2) is 8.37. The van der Waals surface area contributed by atoms with Gasteiger partial charge in [-0.05, 0) is 24.1 Å². The summed E-state index contributed by atoms with van der Waals surface area (Å²) in [5.74, 6) is 0. The second-order valence-electron chi connectivity index (χ2n) is 3.87. The Balaban J connectivity index is 2.13. The van der Waals surface area contributed by atoms with Crippen molar-refractivity contribution in [3.63, 3.8) is 0 Å². The van der Waals surface area contributed by atoms with Crippen LogP contribution < -0.4 is 5.32 Å². The zero-order valence-corrected chi connectivity index (χ0v) is 10.6. The Hall–Kier alpha value is -0.790. The number of nitrogens with one attached hydrogen (secondary N) is 1. The van der Waals surface area contributed by atoms with Gasteiger partial charge in [0, 0.05) is 18.1 Å². The fourth-order valence-corrected chi connectivity index (χ4v) is 1.68. The van der Waals surface area contributed by atoms with Gasteiger partial charge in [-0.1, -0.05) is 55.7 Å². The number of unbranched alkanes of at least 4 members (excludes halogenated alkanes) is 2. The average molecular weight is 238 g/mol. The van der Waals surface area contributed by atoms with E-state index in [-0.39, 0.29) is 0 Å². The summed E-state index contributed by atoms with van der Waals surface area (Å²) in [6.07, 6.45) is 8.18. The van der Waals surface area contributed by atoms with Gasteiger partial charge >= 0.3 is 0 Å². The lowest BCUT2D eigenvalue weighted by Gasteiger charge is -2.02. The highest BCUT2D eigenvalue weighted by Crippen LogP contribution is 2.09. The van der Waals surface area contributed by atoms with Crippen LogP contribution in [-0.4, -0.2) is 6.54 Å². The lowest BCUT2D eigenvalue weighted by atomic mass is 10.2. The number of allylic oxidation sites excluding steroid dienone is 1. The zero-order chi connectivity index (χ0) is 11.6. The first kappa shape index (κ1) is 13.3. The Morgan fingerprint density at radius 2 is 2.19 bits per heavy atom. The van der Waals surface area contributed by atoms with Crippen LogP contribution >= 0.6 is 11.6 Å². The van der Waals surface area contributed by atoms with Gasteiger partial charge < -0.3 is 5.32 Å². The summed E-state index contributed by atoms with van der Waals surface area (Å²) in [7, 11) is 0. The summed E-state index contributed by atoms with van der Waals surface area (Å²) in [6, 6.07) is 7.96. The van der Waals surface area contributed by atoms with Crippen LogP contribution in [0.2, 0.25) is 5.02 Å². The minimum Gasteiger partial charge on any atom is -0.309 e. The third-order valence-electron chi connectivity index (χ3n) is 2.37. The molecule has 0 atom stereocenters. The lowest BCUT2D eigenvalue weighted by Crippen LogP contribution is -2.12. The van der Waals surface area contributed by atoms with E-state index in [1.54, 1.807) is 0 Å². The lowest BCUT2D eigenvalue weighted by molar-refractivity contribution is 0.754. The molecular formula is C14H20ClN. The van der Waals surface area contributed by atoms with E-state index in [0.717, 1.165) is 18.1 Å². The number of rotatable bonds is 7. The maximum atomic E-state index is 5.90. The van der Waals surface area contributed by atoms with Crippen LogP contribution in [-0.2, 0) is 6.54 Å². The van der Waals surface area contributed by atoms with Crippen LogP contribution in [0.1, 0.15) is 31.7 Å². The van der Waals surface area contributed by atoms with Crippen LogP contribution in [0.3, 0.4) is 0 Å². The summed E-state index contributed by atoms with van der Waals surface area (Å²) in [4.78, 5) is 0. The molecule has 0 aliphatic carbocycles. The van der Waals surface area contributed by atoms with Gasteiger partial charge in [0.1, 0.15) is 0 Å². The third-order valence-corrected chi connectivity index (χ3v) is 2.61. The van der Waals surface area contributed by atoms with Crippen LogP contribution in [0.15, 0.2) is 36.4 Å². The van der Waals surface area contributed by atoms with Crippen LogP contribution in [0.4, 0.5) is 0 Å². The van der Waals surface area contributed by atoms with E-state index >= 15 is 0 Å². The molecule has 0 aromatic heterocycles. The van der Waals surface area contributed by atoms with Crippen molar-refractivity contribution in [2.45, 2.75) is 32.7 Å². The van der Waals surface area contributed by atoms with Gasteiger partial charge in [-0.15, -0.1) is 0 Å². The predicted molar refractivity (Wildman–Crippen MR) is 71.8 cm³/mol. The summed E-state index contributed by atoms with van der Waals surface area (Å²) >= 11 is 5.90. The zero-order valence-electron chi connectivity index (χ0n) is 9.88. The Morgan fingerprint density at radius 1 is 1.31 bits per heavy atom. The standard InChI is InChI=1S/C14H20ClN/c1-2-3-4-5-6-10-16-12-13-8-7-9-14(15)11-13/h5-9,11,16H,2-4,10,12H2,1H3. The van der Waals surface area contributed by atoms with Crippen molar-refractivity contribution in [3.8, 4) is 0 Å². The van der Waals surface area contributed by atoms with Gasteiger partial charge in [-0.3, -0.25) is 0 Å². The van der Waals surface area contributed by atoms with Crippen molar-refractivity contribution >= 4 is 11.6 Å². The average Bonchev–Trinajstić information content (AvgIpc) is 2.28. The molecule has 0 fully saturated rings. The van der Waals surface area contributed by atoms with E-state index in [1.807, 2.05) is 18.2 Å². The van der Waals surface area contributed by atoms with Gasteiger partial charge in [0.2, 0.25) is 0 Å². The van der Waals surface area contributed by atoms with Crippen molar-refractivity contribution in [2.75, 3.05) is 6.54 Å². The number of benzene rings is 1. The van der Waals surface area contributed by atoms with Gasteiger partial charge in [0.05, 0.1) is 0 Å². The molecule has 0 bridgehead atoms. The van der Waals surface area contributed by atoms with Crippen molar-refractivity contribution in [3.05, 3.63) is 47.0 Å². The molecule has 0 saturated heterocycles. The van der Waals surface area contributed by atoms with Gasteiger partial charge in [0.15, 0.2) is 0 Å². The minimum atomic E-state index is 0.804. The van der Waals surface area contributed by atoms with E-state index in [0.29, 0.717) is 0 Å². The van der Waals surface area contributed by atoms with Gasteiger partial charge in [0.25, 0.3) is 0 Å². The first-order valence-electron chi connectivity index (χ1n) is 5.93. The molecule has 0 radical (unpaired) electrons. The third kappa shape index (κ3) is 5.94. The molecule has 0 unspecified atom stereocenters. The molecule has 1 rings (SSSR count). The molecule has 0 aliphatic rings. The molecule has 0 spiro atoms. The smallest absolute Gasteiger partial charge is 0.0409 e. The Kier molecular flexibility index (Phi) is 6.95. The number of halogens is 1. The Bertz CT molecular complexity index is 320. The molecule has 0 saturated carbocycles. The fourth-order valence-electron chi connectivity index (χ4n) is 1.47. The fraction of sp³-hybridized carbons (Fsp3) is 0.429. The first-order valence-corrected chi connectivity index (χ1v) is 6.31. The molecule has 0 amide bonds. The molecule has 88 valence electrons. The molecule has 0 aliphatic heterocycles. The number of hydrogen-bond donors (Lipinski definition) is 1. The molecule has 16 heavy (non-hydrogen) atoms. The predicted octanol–water partition coefficient (Wildman–Crippen LogP) is 4.18. The highest BCUT2D eigenvalue weighted by atomic mass is 35.5. The normalized spacial score (nSPS) is 11.1. The van der Waals surface area contributed by atoms with Crippen LogP contribution in [0, 0.1) is 0 Å². The highest BCUT2D eigenvalue weighted by Gasteiger charge is 1.92. The van der Waals surface area contributed by atoms with Crippen molar-refractivity contribution in [1.82, 2.24) is 5.32 Å². The van der Waals surface area contributed by atoms with E-state index in [2.05, 4.69) is 30.5 Å². The molecular weight excluding hydrogens is 218 g/mol.